The molecule has 2 aliphatic carbocycles. The Hall–Kier alpha value is -3.54. The van der Waals surface area contributed by atoms with E-state index in [0.29, 0.717) is 28.9 Å². The molecule has 0 radical (unpaired) electrons. The van der Waals surface area contributed by atoms with Crippen molar-refractivity contribution in [3.8, 4) is 6.07 Å². The van der Waals surface area contributed by atoms with Crippen LogP contribution in [0, 0.1) is 17.2 Å². The molecule has 2 saturated carbocycles. The maximum absolute atomic E-state index is 13.2. The fourth-order valence-electron chi connectivity index (χ4n) is 5.19. The van der Waals surface area contributed by atoms with Crippen LogP contribution in [-0.4, -0.2) is 35.7 Å². The number of nitrogens with zero attached hydrogens (tertiary/aromatic N) is 2. The number of carboxylic acid groups (broad SMARTS) is 1. The summed E-state index contributed by atoms with van der Waals surface area (Å²) in [4.78, 5) is 26.2. The van der Waals surface area contributed by atoms with Crippen molar-refractivity contribution in [2.24, 2.45) is 5.92 Å². The highest BCUT2D eigenvalue weighted by Gasteiger charge is 2.44. The molecule has 37 heavy (non-hydrogen) atoms. The third kappa shape index (κ3) is 7.03. The average Bonchev–Trinajstić information content (AvgIpc) is 3.67. The average molecular weight is 514 g/mol. The molecule has 2 N–H and O–H groups in total. The predicted octanol–water partition coefficient (Wildman–Crippen LogP) is 6.02. The number of carboxylic acids is 1. The predicted molar refractivity (Wildman–Crippen MR) is 133 cm³/mol. The lowest BCUT2D eigenvalue weighted by Crippen LogP contribution is -2.39. The van der Waals surface area contributed by atoms with Crippen LogP contribution < -0.4 is 10.2 Å². The maximum atomic E-state index is 13.2. The molecule has 2 aromatic rings. The van der Waals surface area contributed by atoms with Gasteiger partial charge in [-0.15, -0.1) is 0 Å². The molecule has 0 aromatic heterocycles. The first-order valence-corrected chi connectivity index (χ1v) is 12.6. The fourth-order valence-corrected chi connectivity index (χ4v) is 5.19. The summed E-state index contributed by atoms with van der Waals surface area (Å²) >= 11 is 0. The van der Waals surface area contributed by atoms with Gasteiger partial charge in [0.25, 0.3) is 0 Å². The van der Waals surface area contributed by atoms with E-state index in [-0.39, 0.29) is 30.8 Å². The van der Waals surface area contributed by atoms with Gasteiger partial charge in [0.2, 0.25) is 5.91 Å². The zero-order valence-corrected chi connectivity index (χ0v) is 20.4. The summed E-state index contributed by atoms with van der Waals surface area (Å²) in [5.41, 5.74) is 2.86. The second kappa shape index (κ2) is 11.2. The zero-order valence-electron chi connectivity index (χ0n) is 20.4. The maximum Gasteiger partial charge on any atom is 0.390 e. The van der Waals surface area contributed by atoms with Crippen LogP contribution in [0.4, 0.5) is 24.5 Å². The van der Waals surface area contributed by atoms with Crippen molar-refractivity contribution in [1.82, 2.24) is 0 Å². The Balaban J connectivity index is 1.63. The Morgan fingerprint density at radius 3 is 2.38 bits per heavy atom. The molecule has 0 heterocycles. The standard InChI is InChI=1S/C28H30F3N3O3/c29-28(30,31)12-13-34(21-4-2-1-3-5-21)25-11-10-20(22-16-23(22)27(36)37)15-24(25)33-26(35)14-18-6-8-19(17-32)9-7-18/h6-11,15,21-23H,1-5,12-14,16H2,(H,33,35)(H,36,37)/t22-,23-/m0/s1. The van der Waals surface area contributed by atoms with E-state index in [9.17, 15) is 27.9 Å². The largest absolute Gasteiger partial charge is 0.481 e. The first-order valence-electron chi connectivity index (χ1n) is 12.6. The van der Waals surface area contributed by atoms with E-state index in [1.165, 1.54) is 0 Å². The number of nitriles is 1. The molecule has 0 spiro atoms. The van der Waals surface area contributed by atoms with Gasteiger partial charge < -0.3 is 15.3 Å². The number of carbonyl (C=O) groups is 2. The second-order valence-corrected chi connectivity index (χ2v) is 9.95. The topological polar surface area (TPSA) is 93.4 Å². The van der Waals surface area contributed by atoms with Gasteiger partial charge in [-0.3, -0.25) is 9.59 Å². The van der Waals surface area contributed by atoms with Gasteiger partial charge in [0.15, 0.2) is 0 Å². The number of hydrogen-bond acceptors (Lipinski definition) is 4. The van der Waals surface area contributed by atoms with Crippen molar-refractivity contribution in [3.63, 3.8) is 0 Å². The number of halogens is 3. The summed E-state index contributed by atoms with van der Waals surface area (Å²) in [6, 6.07) is 13.8. The SMILES string of the molecule is N#Cc1ccc(CC(=O)Nc2cc([C@@H]3C[C@@H]3C(=O)O)ccc2N(CCC(F)(F)F)C2CCCCC2)cc1. The minimum absolute atomic E-state index is 0.0303. The lowest BCUT2D eigenvalue weighted by atomic mass is 9.93. The van der Waals surface area contributed by atoms with E-state index in [0.717, 1.165) is 37.7 Å². The third-order valence-electron chi connectivity index (χ3n) is 7.24. The van der Waals surface area contributed by atoms with Crippen molar-refractivity contribution >= 4 is 23.3 Å². The molecule has 9 heteroatoms. The zero-order chi connectivity index (χ0) is 26.6. The molecular weight excluding hydrogens is 483 g/mol. The number of alkyl halides is 3. The van der Waals surface area contributed by atoms with Crippen molar-refractivity contribution in [1.29, 1.82) is 5.26 Å². The number of anilines is 2. The molecule has 1 amide bonds. The van der Waals surface area contributed by atoms with Gasteiger partial charge in [0.1, 0.15) is 0 Å². The summed E-state index contributed by atoms with van der Waals surface area (Å²) in [5.74, 6) is -1.89. The Morgan fingerprint density at radius 2 is 1.78 bits per heavy atom. The number of amides is 1. The monoisotopic (exact) mass is 513 g/mol. The summed E-state index contributed by atoms with van der Waals surface area (Å²) in [5, 5.41) is 21.2. The molecule has 0 unspecified atom stereocenters. The first-order chi connectivity index (χ1) is 17.6. The van der Waals surface area contributed by atoms with Gasteiger partial charge in [-0.2, -0.15) is 18.4 Å². The quantitative estimate of drug-likeness (QED) is 0.428. The van der Waals surface area contributed by atoms with Crippen molar-refractivity contribution < 1.29 is 27.9 Å². The van der Waals surface area contributed by atoms with E-state index < -0.39 is 24.5 Å². The van der Waals surface area contributed by atoms with Crippen LogP contribution in [-0.2, 0) is 16.0 Å². The Kier molecular flexibility index (Phi) is 8.06. The van der Waals surface area contributed by atoms with Crippen LogP contribution in [0.5, 0.6) is 0 Å². The van der Waals surface area contributed by atoms with Crippen molar-refractivity contribution in [2.45, 2.75) is 69.5 Å². The molecule has 2 atom stereocenters. The summed E-state index contributed by atoms with van der Waals surface area (Å²) < 4.78 is 39.7. The molecule has 0 aliphatic heterocycles. The lowest BCUT2D eigenvalue weighted by Gasteiger charge is -2.37. The summed E-state index contributed by atoms with van der Waals surface area (Å²) in [6.45, 7) is -0.215. The number of rotatable bonds is 9. The molecule has 0 bridgehead atoms. The summed E-state index contributed by atoms with van der Waals surface area (Å²) in [7, 11) is 0. The molecule has 2 aliphatic rings. The van der Waals surface area contributed by atoms with Crippen LogP contribution in [0.2, 0.25) is 0 Å². The Morgan fingerprint density at radius 1 is 1.08 bits per heavy atom. The van der Waals surface area contributed by atoms with Crippen LogP contribution in [0.1, 0.15) is 67.6 Å². The minimum atomic E-state index is -4.31. The van der Waals surface area contributed by atoms with Crippen molar-refractivity contribution in [3.05, 3.63) is 59.2 Å². The highest BCUT2D eigenvalue weighted by atomic mass is 19.4. The normalized spacial score (nSPS) is 19.6. The molecule has 6 nitrogen and oxygen atoms in total. The molecule has 0 saturated heterocycles. The fraction of sp³-hybridized carbons (Fsp3) is 0.464. The number of benzene rings is 2. The van der Waals surface area contributed by atoms with E-state index in [2.05, 4.69) is 5.32 Å². The Labute approximate surface area is 214 Å². The van der Waals surface area contributed by atoms with Gasteiger partial charge in [0.05, 0.1) is 41.8 Å². The van der Waals surface area contributed by atoms with Crippen LogP contribution in [0.15, 0.2) is 42.5 Å². The Bertz CT molecular complexity index is 1170. The highest BCUT2D eigenvalue weighted by molar-refractivity contribution is 5.96. The molecular formula is C28H30F3N3O3. The highest BCUT2D eigenvalue weighted by Crippen LogP contribution is 2.49. The van der Waals surface area contributed by atoms with E-state index in [4.69, 9.17) is 5.26 Å². The lowest BCUT2D eigenvalue weighted by molar-refractivity contribution is -0.138. The minimum Gasteiger partial charge on any atom is -0.481 e. The second-order valence-electron chi connectivity index (χ2n) is 9.95. The molecule has 196 valence electrons. The number of carbonyl (C=O) groups excluding carboxylic acids is 1. The third-order valence-corrected chi connectivity index (χ3v) is 7.24. The number of hydrogen-bond donors (Lipinski definition) is 2. The van der Waals surface area contributed by atoms with Gasteiger partial charge in [-0.05, 0) is 60.6 Å². The molecule has 2 aromatic carbocycles. The number of nitrogens with one attached hydrogen (secondary N) is 1. The first kappa shape index (κ1) is 26.5. The van der Waals surface area contributed by atoms with Gasteiger partial charge in [-0.1, -0.05) is 37.5 Å². The molecule has 2 fully saturated rings. The van der Waals surface area contributed by atoms with Crippen LogP contribution >= 0.6 is 0 Å². The van der Waals surface area contributed by atoms with E-state index in [1.807, 2.05) is 6.07 Å². The number of aliphatic carboxylic acids is 1. The molecule has 4 rings (SSSR count). The van der Waals surface area contributed by atoms with Crippen LogP contribution in [0.3, 0.4) is 0 Å². The van der Waals surface area contributed by atoms with E-state index in [1.54, 1.807) is 47.4 Å². The van der Waals surface area contributed by atoms with Gasteiger partial charge in [0, 0.05) is 12.6 Å². The van der Waals surface area contributed by atoms with Crippen LogP contribution in [0.25, 0.3) is 0 Å². The van der Waals surface area contributed by atoms with Crippen molar-refractivity contribution in [2.75, 3.05) is 16.8 Å². The summed E-state index contributed by atoms with van der Waals surface area (Å²) in [6.07, 6.45) is -0.265. The smallest absolute Gasteiger partial charge is 0.390 e. The van der Waals surface area contributed by atoms with E-state index >= 15 is 0 Å². The van der Waals surface area contributed by atoms with Gasteiger partial charge >= 0.3 is 12.1 Å². The van der Waals surface area contributed by atoms with Gasteiger partial charge in [-0.25, -0.2) is 0 Å².